The molecular formula is C12H15N7. The lowest BCUT2D eigenvalue weighted by molar-refractivity contribution is 0.532. The smallest absolute Gasteiger partial charge is 0.204 e. The zero-order valence-corrected chi connectivity index (χ0v) is 11.1. The lowest BCUT2D eigenvalue weighted by Gasteiger charge is -2.05. The molecule has 3 aromatic heterocycles. The molecule has 19 heavy (non-hydrogen) atoms. The second-order valence-corrected chi connectivity index (χ2v) is 4.64. The number of fused-ring (bicyclic) bond motifs is 1. The summed E-state index contributed by atoms with van der Waals surface area (Å²) in [5.74, 6) is 1.50. The fourth-order valence-corrected chi connectivity index (χ4v) is 1.85. The van der Waals surface area contributed by atoms with E-state index >= 15 is 0 Å². The van der Waals surface area contributed by atoms with Gasteiger partial charge in [0.15, 0.2) is 5.82 Å². The second kappa shape index (κ2) is 4.34. The highest BCUT2D eigenvalue weighted by Gasteiger charge is 2.09. The average molecular weight is 257 g/mol. The number of nitrogens with zero attached hydrogens (tertiary/aromatic N) is 6. The molecule has 0 aliphatic rings. The van der Waals surface area contributed by atoms with Gasteiger partial charge in [-0.3, -0.25) is 9.08 Å². The molecule has 0 saturated carbocycles. The summed E-state index contributed by atoms with van der Waals surface area (Å²) >= 11 is 0. The van der Waals surface area contributed by atoms with Crippen LogP contribution in [0.3, 0.4) is 0 Å². The van der Waals surface area contributed by atoms with Crippen LogP contribution in [0.5, 0.6) is 0 Å². The predicted molar refractivity (Wildman–Crippen MR) is 71.4 cm³/mol. The summed E-state index contributed by atoms with van der Waals surface area (Å²) in [6.07, 6.45) is 7.28. The molecule has 0 bridgehead atoms. The quantitative estimate of drug-likeness (QED) is 0.776. The number of aryl methyl sites for hydroxylation is 1. The highest BCUT2D eigenvalue weighted by atomic mass is 15.3. The monoisotopic (exact) mass is 257 g/mol. The van der Waals surface area contributed by atoms with Crippen molar-refractivity contribution in [1.82, 2.24) is 29.4 Å². The van der Waals surface area contributed by atoms with Gasteiger partial charge < -0.3 is 5.32 Å². The van der Waals surface area contributed by atoms with Crippen LogP contribution in [0.1, 0.15) is 25.7 Å². The molecule has 0 aromatic carbocycles. The first-order valence-corrected chi connectivity index (χ1v) is 6.12. The van der Waals surface area contributed by atoms with Crippen LogP contribution in [0.2, 0.25) is 0 Å². The van der Waals surface area contributed by atoms with Gasteiger partial charge in [-0.1, -0.05) is 0 Å². The van der Waals surface area contributed by atoms with Crippen molar-refractivity contribution in [3.63, 3.8) is 0 Å². The molecule has 0 spiro atoms. The third-order valence-electron chi connectivity index (χ3n) is 2.89. The first-order chi connectivity index (χ1) is 9.15. The van der Waals surface area contributed by atoms with Gasteiger partial charge in [-0.15, -0.1) is 10.2 Å². The van der Waals surface area contributed by atoms with Crippen molar-refractivity contribution < 1.29 is 0 Å². The Labute approximate surface area is 110 Å². The van der Waals surface area contributed by atoms with Crippen LogP contribution in [-0.2, 0) is 0 Å². The molecule has 0 radical (unpaired) electrons. The summed E-state index contributed by atoms with van der Waals surface area (Å²) in [5.41, 5.74) is 1.59. The number of nitrogens with one attached hydrogen (secondary N) is 1. The van der Waals surface area contributed by atoms with Crippen LogP contribution in [0, 0.1) is 6.92 Å². The van der Waals surface area contributed by atoms with Gasteiger partial charge >= 0.3 is 0 Å². The molecular weight excluding hydrogens is 242 g/mol. The minimum absolute atomic E-state index is 0.328. The Morgan fingerprint density at radius 1 is 1.26 bits per heavy atom. The Balaban J connectivity index is 1.96. The highest BCUT2D eigenvalue weighted by Crippen LogP contribution is 2.18. The lowest BCUT2D eigenvalue weighted by Crippen LogP contribution is -2.00. The van der Waals surface area contributed by atoms with E-state index < -0.39 is 0 Å². The Hall–Kier alpha value is -2.44. The molecule has 3 heterocycles. The Morgan fingerprint density at radius 3 is 2.84 bits per heavy atom. The topological polar surface area (TPSA) is 72.9 Å². The molecule has 0 amide bonds. The number of aromatic nitrogens is 6. The molecule has 0 unspecified atom stereocenters. The van der Waals surface area contributed by atoms with E-state index in [9.17, 15) is 0 Å². The second-order valence-electron chi connectivity index (χ2n) is 4.64. The highest BCUT2D eigenvalue weighted by molar-refractivity contribution is 5.68. The van der Waals surface area contributed by atoms with Crippen molar-refractivity contribution in [1.29, 1.82) is 0 Å². The van der Waals surface area contributed by atoms with Crippen LogP contribution in [0.25, 0.3) is 5.65 Å². The summed E-state index contributed by atoms with van der Waals surface area (Å²) in [6, 6.07) is 0.328. The van der Waals surface area contributed by atoms with E-state index in [2.05, 4.69) is 39.4 Å². The number of anilines is 2. The number of hydrogen-bond acceptors (Lipinski definition) is 5. The van der Waals surface area contributed by atoms with Crippen molar-refractivity contribution in [2.45, 2.75) is 26.8 Å². The number of rotatable bonds is 3. The predicted octanol–water partition coefficient (Wildman–Crippen LogP) is 1.95. The van der Waals surface area contributed by atoms with Crippen molar-refractivity contribution >= 4 is 17.2 Å². The summed E-state index contributed by atoms with van der Waals surface area (Å²) in [5, 5.41) is 15.7. The van der Waals surface area contributed by atoms with Gasteiger partial charge in [-0.25, -0.2) is 4.98 Å². The van der Waals surface area contributed by atoms with Gasteiger partial charge in [0.25, 0.3) is 0 Å². The average Bonchev–Trinajstić information content (AvgIpc) is 2.98. The van der Waals surface area contributed by atoms with Crippen LogP contribution >= 0.6 is 0 Å². The van der Waals surface area contributed by atoms with Crippen molar-refractivity contribution in [3.8, 4) is 0 Å². The zero-order valence-electron chi connectivity index (χ0n) is 11.1. The third kappa shape index (κ3) is 2.03. The van der Waals surface area contributed by atoms with E-state index in [1.165, 1.54) is 0 Å². The summed E-state index contributed by atoms with van der Waals surface area (Å²) in [4.78, 5) is 4.30. The van der Waals surface area contributed by atoms with Crippen LogP contribution < -0.4 is 5.32 Å². The molecule has 0 saturated heterocycles. The van der Waals surface area contributed by atoms with E-state index in [1.54, 1.807) is 12.4 Å². The maximum atomic E-state index is 4.30. The van der Waals surface area contributed by atoms with Crippen molar-refractivity contribution in [2.24, 2.45) is 0 Å². The van der Waals surface area contributed by atoms with Gasteiger partial charge in [0, 0.05) is 24.6 Å². The molecule has 3 aromatic rings. The van der Waals surface area contributed by atoms with E-state index in [-0.39, 0.29) is 0 Å². The first kappa shape index (κ1) is 11.6. The van der Waals surface area contributed by atoms with E-state index in [0.717, 1.165) is 11.5 Å². The van der Waals surface area contributed by atoms with Gasteiger partial charge in [0.1, 0.15) is 5.82 Å². The molecule has 0 aliphatic carbocycles. The Bertz CT molecular complexity index is 710. The summed E-state index contributed by atoms with van der Waals surface area (Å²) in [6.45, 7) is 6.07. The minimum Gasteiger partial charge on any atom is -0.334 e. The van der Waals surface area contributed by atoms with E-state index in [4.69, 9.17) is 0 Å². The molecule has 0 aliphatic heterocycles. The SMILES string of the molecule is Cc1nnc2c(Nc3cnn(C(C)C)c3)nccn12. The normalized spacial score (nSPS) is 11.4. The fourth-order valence-electron chi connectivity index (χ4n) is 1.85. The van der Waals surface area contributed by atoms with E-state index in [0.29, 0.717) is 17.5 Å². The Morgan fingerprint density at radius 2 is 2.11 bits per heavy atom. The Kier molecular flexibility index (Phi) is 2.66. The molecule has 3 rings (SSSR count). The maximum absolute atomic E-state index is 4.30. The minimum atomic E-state index is 0.328. The molecule has 7 nitrogen and oxygen atoms in total. The molecule has 98 valence electrons. The molecule has 1 N–H and O–H groups in total. The standard InChI is InChI=1S/C12H15N7/c1-8(2)19-7-10(6-14-19)15-11-12-17-16-9(3)18(12)5-4-13-11/h4-8H,1-3H3,(H,13,15). The van der Waals surface area contributed by atoms with Gasteiger partial charge in [-0.05, 0) is 20.8 Å². The van der Waals surface area contributed by atoms with Crippen molar-refractivity contribution in [3.05, 3.63) is 30.6 Å². The van der Waals surface area contributed by atoms with Gasteiger partial charge in [0.05, 0.1) is 11.9 Å². The lowest BCUT2D eigenvalue weighted by atomic mass is 10.4. The van der Waals surface area contributed by atoms with Crippen LogP contribution in [0.15, 0.2) is 24.8 Å². The van der Waals surface area contributed by atoms with Crippen LogP contribution in [0.4, 0.5) is 11.5 Å². The molecule has 7 heteroatoms. The summed E-state index contributed by atoms with van der Waals surface area (Å²) < 4.78 is 3.78. The molecule has 0 atom stereocenters. The van der Waals surface area contributed by atoms with Crippen LogP contribution in [-0.4, -0.2) is 29.4 Å². The number of hydrogen-bond donors (Lipinski definition) is 1. The zero-order chi connectivity index (χ0) is 13.4. The van der Waals surface area contributed by atoms with Gasteiger partial charge in [0.2, 0.25) is 5.65 Å². The fraction of sp³-hybridized carbons (Fsp3) is 0.333. The largest absolute Gasteiger partial charge is 0.334 e. The van der Waals surface area contributed by atoms with Crippen molar-refractivity contribution in [2.75, 3.05) is 5.32 Å². The first-order valence-electron chi connectivity index (χ1n) is 6.12. The molecule has 0 fully saturated rings. The maximum Gasteiger partial charge on any atom is 0.204 e. The summed E-state index contributed by atoms with van der Waals surface area (Å²) in [7, 11) is 0. The van der Waals surface area contributed by atoms with Gasteiger partial charge in [-0.2, -0.15) is 5.10 Å². The van der Waals surface area contributed by atoms with E-state index in [1.807, 2.05) is 28.4 Å². The third-order valence-corrected chi connectivity index (χ3v) is 2.89.